The van der Waals surface area contributed by atoms with Gasteiger partial charge in [0.2, 0.25) is 0 Å². The van der Waals surface area contributed by atoms with Gasteiger partial charge < -0.3 is 5.11 Å². The second kappa shape index (κ2) is 5.26. The standard InChI is InChI=1S/C13H19FO/c1-4-10(5-2)13(15)12-7-6-11(14)8-9(12)3/h6-8,10,13,15H,4-5H2,1-3H3. The van der Waals surface area contributed by atoms with Gasteiger partial charge in [0.05, 0.1) is 6.10 Å². The highest BCUT2D eigenvalue weighted by Gasteiger charge is 2.19. The van der Waals surface area contributed by atoms with Crippen LogP contribution in [0.4, 0.5) is 4.39 Å². The number of benzene rings is 1. The van der Waals surface area contributed by atoms with E-state index < -0.39 is 6.10 Å². The molecule has 1 N–H and O–H groups in total. The molecular weight excluding hydrogens is 191 g/mol. The van der Waals surface area contributed by atoms with E-state index in [0.717, 1.165) is 24.0 Å². The third kappa shape index (κ3) is 2.78. The summed E-state index contributed by atoms with van der Waals surface area (Å²) < 4.78 is 12.9. The minimum absolute atomic E-state index is 0.243. The Morgan fingerprint density at radius 2 is 1.87 bits per heavy atom. The molecule has 0 aliphatic heterocycles. The van der Waals surface area contributed by atoms with Crippen LogP contribution in [-0.2, 0) is 0 Å². The number of aliphatic hydroxyl groups excluding tert-OH is 1. The molecule has 0 bridgehead atoms. The van der Waals surface area contributed by atoms with Gasteiger partial charge in [-0.2, -0.15) is 0 Å². The lowest BCUT2D eigenvalue weighted by molar-refractivity contribution is 0.103. The second-order valence-electron chi connectivity index (χ2n) is 4.02. The zero-order valence-electron chi connectivity index (χ0n) is 9.63. The van der Waals surface area contributed by atoms with E-state index in [1.165, 1.54) is 12.1 Å². The van der Waals surface area contributed by atoms with Crippen LogP contribution in [0.2, 0.25) is 0 Å². The van der Waals surface area contributed by atoms with E-state index in [4.69, 9.17) is 0 Å². The van der Waals surface area contributed by atoms with E-state index in [-0.39, 0.29) is 11.7 Å². The van der Waals surface area contributed by atoms with Crippen LogP contribution in [0.3, 0.4) is 0 Å². The molecule has 0 spiro atoms. The first-order valence-corrected chi connectivity index (χ1v) is 5.54. The molecule has 0 amide bonds. The lowest BCUT2D eigenvalue weighted by Gasteiger charge is -2.21. The molecule has 0 saturated heterocycles. The van der Waals surface area contributed by atoms with E-state index in [1.54, 1.807) is 6.07 Å². The Labute approximate surface area is 90.9 Å². The molecule has 1 aromatic rings. The molecule has 15 heavy (non-hydrogen) atoms. The van der Waals surface area contributed by atoms with Gasteiger partial charge in [0.1, 0.15) is 5.82 Å². The summed E-state index contributed by atoms with van der Waals surface area (Å²) in [6.07, 6.45) is 1.41. The van der Waals surface area contributed by atoms with Crippen LogP contribution in [0.15, 0.2) is 18.2 Å². The maximum absolute atomic E-state index is 12.9. The number of hydrogen-bond donors (Lipinski definition) is 1. The first-order chi connectivity index (χ1) is 7.10. The van der Waals surface area contributed by atoms with Crippen molar-refractivity contribution in [1.82, 2.24) is 0 Å². The van der Waals surface area contributed by atoms with Gasteiger partial charge in [-0.1, -0.05) is 32.8 Å². The molecule has 0 fully saturated rings. The van der Waals surface area contributed by atoms with E-state index >= 15 is 0 Å². The van der Waals surface area contributed by atoms with Crippen LogP contribution in [0.25, 0.3) is 0 Å². The third-order valence-electron chi connectivity index (χ3n) is 3.05. The molecular formula is C13H19FO. The van der Waals surface area contributed by atoms with E-state index in [9.17, 15) is 9.50 Å². The molecule has 1 aromatic carbocycles. The molecule has 0 saturated carbocycles. The van der Waals surface area contributed by atoms with Gasteiger partial charge in [0.15, 0.2) is 0 Å². The summed E-state index contributed by atoms with van der Waals surface area (Å²) in [5.74, 6) is 0.0159. The maximum atomic E-state index is 12.9. The van der Waals surface area contributed by atoms with Crippen molar-refractivity contribution in [1.29, 1.82) is 0 Å². The van der Waals surface area contributed by atoms with Gasteiger partial charge >= 0.3 is 0 Å². The third-order valence-corrected chi connectivity index (χ3v) is 3.05. The average molecular weight is 210 g/mol. The van der Waals surface area contributed by atoms with Gasteiger partial charge in [0, 0.05) is 0 Å². The highest BCUT2D eigenvalue weighted by Crippen LogP contribution is 2.29. The van der Waals surface area contributed by atoms with Crippen LogP contribution in [0, 0.1) is 18.7 Å². The molecule has 0 aliphatic carbocycles. The van der Waals surface area contributed by atoms with Crippen LogP contribution < -0.4 is 0 Å². The van der Waals surface area contributed by atoms with Gasteiger partial charge in [-0.3, -0.25) is 0 Å². The van der Waals surface area contributed by atoms with Crippen molar-refractivity contribution in [3.8, 4) is 0 Å². The van der Waals surface area contributed by atoms with E-state index in [2.05, 4.69) is 13.8 Å². The van der Waals surface area contributed by atoms with Gasteiger partial charge in [0.25, 0.3) is 0 Å². The molecule has 0 aliphatic rings. The first-order valence-electron chi connectivity index (χ1n) is 5.54. The molecule has 0 heterocycles. The predicted octanol–water partition coefficient (Wildman–Crippen LogP) is 3.60. The average Bonchev–Trinajstić information content (AvgIpc) is 2.19. The van der Waals surface area contributed by atoms with Crippen LogP contribution in [0.1, 0.15) is 43.9 Å². The Morgan fingerprint density at radius 3 is 2.33 bits per heavy atom. The van der Waals surface area contributed by atoms with Gasteiger partial charge in [-0.25, -0.2) is 4.39 Å². The highest BCUT2D eigenvalue weighted by atomic mass is 19.1. The molecule has 0 radical (unpaired) electrons. The number of aryl methyl sites for hydroxylation is 1. The minimum Gasteiger partial charge on any atom is -0.388 e. The lowest BCUT2D eigenvalue weighted by atomic mass is 9.89. The van der Waals surface area contributed by atoms with Crippen LogP contribution >= 0.6 is 0 Å². The van der Waals surface area contributed by atoms with Gasteiger partial charge in [-0.15, -0.1) is 0 Å². The number of hydrogen-bond acceptors (Lipinski definition) is 1. The monoisotopic (exact) mass is 210 g/mol. The van der Waals surface area contributed by atoms with Crippen molar-refractivity contribution in [2.24, 2.45) is 5.92 Å². The predicted molar refractivity (Wildman–Crippen MR) is 60.2 cm³/mol. The quantitative estimate of drug-likeness (QED) is 0.805. The Balaban J connectivity index is 2.94. The summed E-state index contributed by atoms with van der Waals surface area (Å²) in [6, 6.07) is 4.57. The second-order valence-corrected chi connectivity index (χ2v) is 4.02. The van der Waals surface area contributed by atoms with Crippen molar-refractivity contribution in [3.63, 3.8) is 0 Å². The fraction of sp³-hybridized carbons (Fsp3) is 0.538. The zero-order valence-corrected chi connectivity index (χ0v) is 9.63. The molecule has 2 heteroatoms. The van der Waals surface area contributed by atoms with Gasteiger partial charge in [-0.05, 0) is 36.1 Å². The topological polar surface area (TPSA) is 20.2 Å². The van der Waals surface area contributed by atoms with Crippen molar-refractivity contribution in [3.05, 3.63) is 35.1 Å². The first kappa shape index (κ1) is 12.2. The van der Waals surface area contributed by atoms with Crippen molar-refractivity contribution in [2.45, 2.75) is 39.7 Å². The normalized spacial score (nSPS) is 13.2. The Morgan fingerprint density at radius 1 is 1.27 bits per heavy atom. The summed E-state index contributed by atoms with van der Waals surface area (Å²) in [5, 5.41) is 10.1. The van der Waals surface area contributed by atoms with Crippen LogP contribution in [-0.4, -0.2) is 5.11 Å². The summed E-state index contributed by atoms with van der Waals surface area (Å²) in [6.45, 7) is 5.97. The van der Waals surface area contributed by atoms with Crippen molar-refractivity contribution >= 4 is 0 Å². The number of rotatable bonds is 4. The highest BCUT2D eigenvalue weighted by molar-refractivity contribution is 5.28. The molecule has 1 rings (SSSR count). The van der Waals surface area contributed by atoms with Crippen molar-refractivity contribution < 1.29 is 9.50 Å². The van der Waals surface area contributed by atoms with E-state index in [0.29, 0.717) is 0 Å². The lowest BCUT2D eigenvalue weighted by Crippen LogP contribution is -2.12. The summed E-state index contributed by atoms with van der Waals surface area (Å²) in [7, 11) is 0. The summed E-state index contributed by atoms with van der Waals surface area (Å²) in [5.41, 5.74) is 1.68. The number of aliphatic hydroxyl groups is 1. The fourth-order valence-electron chi connectivity index (χ4n) is 1.96. The smallest absolute Gasteiger partial charge is 0.123 e. The minimum atomic E-state index is -0.472. The summed E-state index contributed by atoms with van der Waals surface area (Å²) >= 11 is 0. The van der Waals surface area contributed by atoms with E-state index in [1.807, 2.05) is 6.92 Å². The number of halogens is 1. The largest absolute Gasteiger partial charge is 0.388 e. The molecule has 1 nitrogen and oxygen atoms in total. The Bertz CT molecular complexity index is 318. The Hall–Kier alpha value is -0.890. The Kier molecular flexibility index (Phi) is 4.28. The maximum Gasteiger partial charge on any atom is 0.123 e. The summed E-state index contributed by atoms with van der Waals surface area (Å²) in [4.78, 5) is 0. The van der Waals surface area contributed by atoms with Crippen LogP contribution in [0.5, 0.6) is 0 Å². The SMILES string of the molecule is CCC(CC)C(O)c1ccc(F)cc1C. The molecule has 1 unspecified atom stereocenters. The zero-order chi connectivity index (χ0) is 11.4. The fourth-order valence-corrected chi connectivity index (χ4v) is 1.96. The molecule has 1 atom stereocenters. The molecule has 0 aromatic heterocycles. The van der Waals surface area contributed by atoms with Crippen molar-refractivity contribution in [2.75, 3.05) is 0 Å². The molecule has 84 valence electrons.